The van der Waals surface area contributed by atoms with Crippen molar-refractivity contribution >= 4 is 28.9 Å². The van der Waals surface area contributed by atoms with Gasteiger partial charge in [0.1, 0.15) is 22.5 Å². The molecule has 0 bridgehead atoms. The average Bonchev–Trinajstić information content (AvgIpc) is 3.21. The fourth-order valence-corrected chi connectivity index (χ4v) is 5.06. The van der Waals surface area contributed by atoms with Crippen LogP contribution in [0.2, 0.25) is 0 Å². The van der Waals surface area contributed by atoms with E-state index in [-0.39, 0.29) is 56.0 Å². The van der Waals surface area contributed by atoms with Crippen LogP contribution < -0.4 is 24.4 Å². The highest BCUT2D eigenvalue weighted by atomic mass is 16.6. The predicted molar refractivity (Wildman–Crippen MR) is 187 cm³/mol. The summed E-state index contributed by atoms with van der Waals surface area (Å²) in [5.74, 6) is -4.76. The molecule has 15 heteroatoms. The van der Waals surface area contributed by atoms with Crippen molar-refractivity contribution in [2.45, 2.75) is 6.29 Å². The van der Waals surface area contributed by atoms with Gasteiger partial charge >= 0.3 is 17.9 Å². The molecule has 7 aromatic rings. The first-order valence-electron chi connectivity index (χ1n) is 15.8. The summed E-state index contributed by atoms with van der Waals surface area (Å²) in [6, 6.07) is 18.3. The number of aromatic hydroxyl groups is 1. The molecule has 0 amide bonds. The molecule has 0 aliphatic rings. The Morgan fingerprint density at radius 3 is 1.74 bits per heavy atom. The largest absolute Gasteiger partial charge is 0.502 e. The van der Waals surface area contributed by atoms with Crippen LogP contribution in [0.5, 0.6) is 28.7 Å². The molecule has 2 aromatic carbocycles. The SMILES string of the molecule is O=C(Oc1cc(OC(=O)c2cccnc2)c2c(=O)c(O)c(-c3ccc(OC(=O)c4cccnc4)c(OC(O)c4cccnc4)c3)oc2c1)c1cccnc1. The molecule has 0 aliphatic carbocycles. The summed E-state index contributed by atoms with van der Waals surface area (Å²) < 4.78 is 28.5. The Kier molecular flexibility index (Phi) is 9.77. The Balaban J connectivity index is 1.33. The maximum absolute atomic E-state index is 13.9. The second kappa shape index (κ2) is 15.2. The fourth-order valence-electron chi connectivity index (χ4n) is 5.06. The van der Waals surface area contributed by atoms with Gasteiger partial charge in [-0.3, -0.25) is 24.7 Å². The molecule has 266 valence electrons. The predicted octanol–water partition coefficient (Wildman–Crippen LogP) is 5.47. The van der Waals surface area contributed by atoms with Crippen LogP contribution in [0.1, 0.15) is 42.9 Å². The lowest BCUT2D eigenvalue weighted by molar-refractivity contribution is -0.0214. The van der Waals surface area contributed by atoms with Crippen molar-refractivity contribution in [1.82, 2.24) is 19.9 Å². The Morgan fingerprint density at radius 1 is 0.630 bits per heavy atom. The first kappa shape index (κ1) is 34.7. The number of pyridine rings is 4. The molecule has 0 spiro atoms. The van der Waals surface area contributed by atoms with Crippen molar-refractivity contribution in [3.05, 3.63) is 161 Å². The van der Waals surface area contributed by atoms with Crippen molar-refractivity contribution in [2.24, 2.45) is 0 Å². The molecule has 0 saturated carbocycles. The van der Waals surface area contributed by atoms with Crippen molar-refractivity contribution < 1.29 is 48.0 Å². The van der Waals surface area contributed by atoms with Gasteiger partial charge in [0.2, 0.25) is 17.5 Å². The van der Waals surface area contributed by atoms with Gasteiger partial charge in [-0.25, -0.2) is 14.4 Å². The number of aromatic nitrogens is 4. The minimum absolute atomic E-state index is 0.0210. The Morgan fingerprint density at radius 2 is 1.19 bits per heavy atom. The summed E-state index contributed by atoms with van der Waals surface area (Å²) in [7, 11) is 0. The molecule has 0 fully saturated rings. The molecule has 2 N–H and O–H groups in total. The van der Waals surface area contributed by atoms with E-state index in [0.29, 0.717) is 0 Å². The molecular formula is C39H24N4O11. The number of hydrogen-bond donors (Lipinski definition) is 2. The lowest BCUT2D eigenvalue weighted by atomic mass is 10.1. The standard InChI is InChI=1S/C39H24N4O11/c44-33-32-30(16-27(50-36(46)23-5-1-11-40-18-23)17-31(32)54-39(49)26-8-4-14-43-21-26)51-35(34(33)45)22-9-10-28(52-37(47)24-6-2-12-41-19-24)29(15-22)53-38(48)25-7-3-13-42-20-25/h1-21,38,45,48H. The van der Waals surface area contributed by atoms with Gasteiger partial charge in [-0.1, -0.05) is 0 Å². The van der Waals surface area contributed by atoms with Crippen molar-refractivity contribution in [2.75, 3.05) is 0 Å². The van der Waals surface area contributed by atoms with Gasteiger partial charge in [0, 0.05) is 72.8 Å². The second-order valence-electron chi connectivity index (χ2n) is 11.2. The van der Waals surface area contributed by atoms with Crippen LogP contribution in [0.3, 0.4) is 0 Å². The van der Waals surface area contributed by atoms with Crippen LogP contribution in [-0.2, 0) is 0 Å². The normalized spacial score (nSPS) is 11.4. The Hall–Kier alpha value is -7.78. The molecule has 1 unspecified atom stereocenters. The third-order valence-corrected chi connectivity index (χ3v) is 7.63. The summed E-state index contributed by atoms with van der Waals surface area (Å²) in [4.78, 5) is 68.5. The highest BCUT2D eigenvalue weighted by Crippen LogP contribution is 2.40. The number of carbonyl (C=O) groups is 3. The number of esters is 3. The van der Waals surface area contributed by atoms with Crippen molar-refractivity contribution in [3.63, 3.8) is 0 Å². The van der Waals surface area contributed by atoms with Crippen LogP contribution >= 0.6 is 0 Å². The number of aliphatic hydroxyl groups excluding tert-OH is 1. The maximum Gasteiger partial charge on any atom is 0.345 e. The monoisotopic (exact) mass is 724 g/mol. The van der Waals surface area contributed by atoms with Crippen LogP contribution in [0.25, 0.3) is 22.3 Å². The van der Waals surface area contributed by atoms with Gasteiger partial charge in [-0.05, 0) is 66.7 Å². The molecule has 5 aromatic heterocycles. The lowest BCUT2D eigenvalue weighted by Gasteiger charge is -2.17. The third-order valence-electron chi connectivity index (χ3n) is 7.63. The number of ether oxygens (including phenoxy) is 4. The van der Waals surface area contributed by atoms with E-state index in [4.69, 9.17) is 23.4 Å². The molecular weight excluding hydrogens is 700 g/mol. The summed E-state index contributed by atoms with van der Waals surface area (Å²) in [6.45, 7) is 0. The zero-order valence-electron chi connectivity index (χ0n) is 27.6. The van der Waals surface area contributed by atoms with E-state index >= 15 is 0 Å². The minimum atomic E-state index is -1.60. The summed E-state index contributed by atoms with van der Waals surface area (Å²) in [6.07, 6.45) is 9.49. The molecule has 7 rings (SSSR count). The number of rotatable bonds is 10. The first-order chi connectivity index (χ1) is 26.2. The highest BCUT2D eigenvalue weighted by Gasteiger charge is 2.25. The van der Waals surface area contributed by atoms with Gasteiger partial charge in [0.15, 0.2) is 17.3 Å². The Bertz CT molecular complexity index is 2550. The number of fused-ring (bicyclic) bond motifs is 1. The molecule has 15 nitrogen and oxygen atoms in total. The summed E-state index contributed by atoms with van der Waals surface area (Å²) in [5, 5.41) is 21.8. The maximum atomic E-state index is 13.9. The van der Waals surface area contributed by atoms with Crippen LogP contribution in [0, 0.1) is 0 Å². The summed E-state index contributed by atoms with van der Waals surface area (Å²) in [5.41, 5.74) is -0.734. The number of hydrogen-bond acceptors (Lipinski definition) is 15. The molecule has 5 heterocycles. The van der Waals surface area contributed by atoms with Crippen molar-refractivity contribution in [1.29, 1.82) is 0 Å². The number of nitrogens with zero attached hydrogens (tertiary/aromatic N) is 4. The number of carbonyl (C=O) groups excluding carboxylic acids is 3. The topological polar surface area (TPSA) is 210 Å². The van der Waals surface area contributed by atoms with Gasteiger partial charge in [0.25, 0.3) is 0 Å². The summed E-state index contributed by atoms with van der Waals surface area (Å²) >= 11 is 0. The second-order valence-corrected chi connectivity index (χ2v) is 11.2. The zero-order chi connectivity index (χ0) is 37.6. The first-order valence-corrected chi connectivity index (χ1v) is 15.8. The van der Waals surface area contributed by atoms with Crippen LogP contribution in [0.4, 0.5) is 0 Å². The van der Waals surface area contributed by atoms with E-state index in [1.165, 1.54) is 104 Å². The molecule has 1 atom stereocenters. The number of aliphatic hydroxyl groups is 1. The van der Waals surface area contributed by atoms with Crippen molar-refractivity contribution in [3.8, 4) is 40.1 Å². The van der Waals surface area contributed by atoms with E-state index in [2.05, 4.69) is 19.9 Å². The zero-order valence-corrected chi connectivity index (χ0v) is 27.6. The van der Waals surface area contributed by atoms with Gasteiger partial charge in [-0.15, -0.1) is 0 Å². The fraction of sp³-hybridized carbons (Fsp3) is 0.0256. The van der Waals surface area contributed by atoms with Gasteiger partial charge in [-0.2, -0.15) is 0 Å². The van der Waals surface area contributed by atoms with E-state index in [0.717, 1.165) is 6.07 Å². The average molecular weight is 725 g/mol. The third kappa shape index (κ3) is 7.46. The quantitative estimate of drug-likeness (QED) is 0.102. The van der Waals surface area contributed by atoms with Gasteiger partial charge < -0.3 is 33.6 Å². The molecule has 0 saturated heterocycles. The van der Waals surface area contributed by atoms with E-state index in [1.807, 2.05) is 0 Å². The molecule has 0 radical (unpaired) electrons. The minimum Gasteiger partial charge on any atom is -0.502 e. The molecule has 0 aliphatic heterocycles. The lowest BCUT2D eigenvalue weighted by Crippen LogP contribution is -2.13. The van der Waals surface area contributed by atoms with E-state index in [9.17, 15) is 29.4 Å². The highest BCUT2D eigenvalue weighted by molar-refractivity contribution is 5.97. The Labute approximate surface area is 303 Å². The van der Waals surface area contributed by atoms with E-state index < -0.39 is 46.9 Å². The molecule has 54 heavy (non-hydrogen) atoms. The smallest absolute Gasteiger partial charge is 0.345 e. The number of benzene rings is 2. The van der Waals surface area contributed by atoms with Crippen LogP contribution in [-0.4, -0.2) is 48.1 Å². The van der Waals surface area contributed by atoms with Gasteiger partial charge in [0.05, 0.1) is 16.7 Å². The van der Waals surface area contributed by atoms with E-state index in [1.54, 1.807) is 18.2 Å². The van der Waals surface area contributed by atoms with Crippen LogP contribution in [0.15, 0.2) is 138 Å².